The second-order valence-corrected chi connectivity index (χ2v) is 5.54. The Bertz CT molecular complexity index is 604. The number of hydrogen-bond acceptors (Lipinski definition) is 4. The summed E-state index contributed by atoms with van der Waals surface area (Å²) in [6.45, 7) is 0.481. The van der Waals surface area contributed by atoms with Crippen molar-refractivity contribution in [2.24, 2.45) is 17.8 Å². The van der Waals surface area contributed by atoms with E-state index in [0.717, 1.165) is 11.1 Å². The Labute approximate surface area is 116 Å². The number of fused-ring (bicyclic) bond motifs is 3. The van der Waals surface area contributed by atoms with Crippen molar-refractivity contribution in [2.45, 2.75) is 12.5 Å². The highest BCUT2D eigenvalue weighted by molar-refractivity contribution is 5.97. The third-order valence-corrected chi connectivity index (χ3v) is 4.53. The molecule has 0 aromatic heterocycles. The van der Waals surface area contributed by atoms with Crippen molar-refractivity contribution >= 4 is 11.9 Å². The summed E-state index contributed by atoms with van der Waals surface area (Å²) >= 11 is 0. The molecule has 4 atom stereocenters. The maximum Gasteiger partial charge on any atom is 0.318 e. The van der Waals surface area contributed by atoms with Crippen molar-refractivity contribution < 1.29 is 19.1 Å². The van der Waals surface area contributed by atoms with Gasteiger partial charge >= 0.3 is 11.9 Å². The lowest BCUT2D eigenvalue weighted by Gasteiger charge is -2.25. The Morgan fingerprint density at radius 3 is 2.60 bits per heavy atom. The number of carbonyl (C=O) groups is 2. The summed E-state index contributed by atoms with van der Waals surface area (Å²) < 4.78 is 10.7. The van der Waals surface area contributed by atoms with Gasteiger partial charge < -0.3 is 9.47 Å². The molecule has 1 aromatic carbocycles. The lowest BCUT2D eigenvalue weighted by atomic mass is 9.72. The van der Waals surface area contributed by atoms with Gasteiger partial charge in [0.2, 0.25) is 0 Å². The number of allylic oxidation sites excluding steroid dienone is 1. The SMILES string of the molecule is O=C1OC(=O)C2C1CC=C1C(c3ccccc3)OCC12. The molecule has 0 amide bonds. The van der Waals surface area contributed by atoms with E-state index in [1.54, 1.807) is 0 Å². The highest BCUT2D eigenvalue weighted by atomic mass is 16.6. The van der Waals surface area contributed by atoms with Crippen molar-refractivity contribution in [1.29, 1.82) is 0 Å². The molecule has 4 heteroatoms. The van der Waals surface area contributed by atoms with Crippen LogP contribution in [0.5, 0.6) is 0 Å². The third-order valence-electron chi connectivity index (χ3n) is 4.53. The van der Waals surface area contributed by atoms with E-state index in [9.17, 15) is 9.59 Å². The van der Waals surface area contributed by atoms with E-state index < -0.39 is 0 Å². The average Bonchev–Trinajstić information content (AvgIpc) is 3.01. The summed E-state index contributed by atoms with van der Waals surface area (Å²) in [4.78, 5) is 23.5. The van der Waals surface area contributed by atoms with E-state index in [0.29, 0.717) is 13.0 Å². The minimum absolute atomic E-state index is 0.0158. The number of rotatable bonds is 1. The number of esters is 2. The number of carbonyl (C=O) groups excluding carboxylic acids is 2. The van der Waals surface area contributed by atoms with Crippen LogP contribution in [0.1, 0.15) is 18.1 Å². The van der Waals surface area contributed by atoms with Crippen LogP contribution in [0.4, 0.5) is 0 Å². The van der Waals surface area contributed by atoms with Crippen molar-refractivity contribution in [3.63, 3.8) is 0 Å². The molecule has 2 aliphatic heterocycles. The average molecular weight is 270 g/mol. The fourth-order valence-electron chi connectivity index (χ4n) is 3.58. The van der Waals surface area contributed by atoms with Gasteiger partial charge in [0.15, 0.2) is 0 Å². The summed E-state index contributed by atoms with van der Waals surface area (Å²) in [5.74, 6) is -1.44. The second kappa shape index (κ2) is 4.28. The van der Waals surface area contributed by atoms with Gasteiger partial charge in [0.25, 0.3) is 0 Å². The van der Waals surface area contributed by atoms with Crippen LogP contribution < -0.4 is 0 Å². The van der Waals surface area contributed by atoms with Crippen LogP contribution >= 0.6 is 0 Å². The molecule has 2 fully saturated rings. The van der Waals surface area contributed by atoms with Gasteiger partial charge in [-0.2, -0.15) is 0 Å². The maximum atomic E-state index is 11.9. The predicted octanol–water partition coefficient (Wildman–Crippen LogP) is 2.02. The van der Waals surface area contributed by atoms with E-state index in [-0.39, 0.29) is 35.8 Å². The summed E-state index contributed by atoms with van der Waals surface area (Å²) in [5.41, 5.74) is 2.22. The standard InChI is InChI=1S/C16H14O4/c17-15-11-7-6-10-12(13(11)16(18)20-15)8-19-14(10)9-4-2-1-3-5-9/h1-6,11-14H,7-8H2. The molecule has 1 aliphatic carbocycles. The molecule has 2 saturated heterocycles. The molecule has 0 N–H and O–H groups in total. The lowest BCUT2D eigenvalue weighted by Crippen LogP contribution is -2.30. The van der Waals surface area contributed by atoms with Crippen LogP contribution in [0.2, 0.25) is 0 Å². The molecular formula is C16H14O4. The van der Waals surface area contributed by atoms with Crippen LogP contribution in [-0.2, 0) is 19.1 Å². The van der Waals surface area contributed by atoms with Crippen molar-refractivity contribution in [3.8, 4) is 0 Å². The molecule has 4 unspecified atom stereocenters. The zero-order valence-corrected chi connectivity index (χ0v) is 10.8. The summed E-state index contributed by atoms with van der Waals surface area (Å²) in [6, 6.07) is 9.97. The van der Waals surface area contributed by atoms with Gasteiger partial charge in [-0.3, -0.25) is 9.59 Å². The summed E-state index contributed by atoms with van der Waals surface area (Å²) in [7, 11) is 0. The molecule has 102 valence electrons. The van der Waals surface area contributed by atoms with Gasteiger partial charge in [-0.25, -0.2) is 0 Å². The smallest absolute Gasteiger partial charge is 0.318 e. The number of benzene rings is 1. The molecule has 4 nitrogen and oxygen atoms in total. The highest BCUT2D eigenvalue weighted by Crippen LogP contribution is 2.49. The Morgan fingerprint density at radius 2 is 1.80 bits per heavy atom. The normalized spacial score (nSPS) is 35.3. The lowest BCUT2D eigenvalue weighted by molar-refractivity contribution is -0.154. The number of cyclic esters (lactones) is 2. The molecular weight excluding hydrogens is 256 g/mol. The minimum Gasteiger partial charge on any atom is -0.393 e. The molecule has 0 radical (unpaired) electrons. The van der Waals surface area contributed by atoms with E-state index in [1.165, 1.54) is 0 Å². The molecule has 20 heavy (non-hydrogen) atoms. The quantitative estimate of drug-likeness (QED) is 0.445. The maximum absolute atomic E-state index is 11.9. The first-order valence-corrected chi connectivity index (χ1v) is 6.88. The van der Waals surface area contributed by atoms with Crippen LogP contribution in [-0.4, -0.2) is 18.5 Å². The molecule has 4 rings (SSSR count). The van der Waals surface area contributed by atoms with Crippen molar-refractivity contribution in [3.05, 3.63) is 47.5 Å². The van der Waals surface area contributed by atoms with Crippen molar-refractivity contribution in [2.75, 3.05) is 6.61 Å². The van der Waals surface area contributed by atoms with E-state index in [4.69, 9.17) is 9.47 Å². The molecule has 3 aliphatic rings. The monoisotopic (exact) mass is 270 g/mol. The molecule has 1 aromatic rings. The van der Waals surface area contributed by atoms with Gasteiger partial charge in [-0.05, 0) is 17.6 Å². The first-order chi connectivity index (χ1) is 9.75. The molecule has 0 saturated carbocycles. The summed E-state index contributed by atoms with van der Waals surface area (Å²) in [6.07, 6.45) is 2.55. The Morgan fingerprint density at radius 1 is 1.00 bits per heavy atom. The summed E-state index contributed by atoms with van der Waals surface area (Å²) in [5, 5.41) is 0. The Hall–Kier alpha value is -1.94. The van der Waals surface area contributed by atoms with Gasteiger partial charge in [0.1, 0.15) is 6.10 Å². The second-order valence-electron chi connectivity index (χ2n) is 5.54. The molecule has 2 heterocycles. The largest absolute Gasteiger partial charge is 0.393 e. The first kappa shape index (κ1) is 11.9. The van der Waals surface area contributed by atoms with Crippen LogP contribution in [0, 0.1) is 17.8 Å². The van der Waals surface area contributed by atoms with Crippen molar-refractivity contribution in [1.82, 2.24) is 0 Å². The highest BCUT2D eigenvalue weighted by Gasteiger charge is 2.54. The number of hydrogen-bond donors (Lipinski definition) is 0. The van der Waals surface area contributed by atoms with Crippen LogP contribution in [0.15, 0.2) is 42.0 Å². The van der Waals surface area contributed by atoms with Gasteiger partial charge in [-0.15, -0.1) is 0 Å². The Kier molecular flexibility index (Phi) is 2.54. The van der Waals surface area contributed by atoms with E-state index in [2.05, 4.69) is 6.08 Å². The van der Waals surface area contributed by atoms with Gasteiger partial charge in [0.05, 0.1) is 18.4 Å². The zero-order valence-electron chi connectivity index (χ0n) is 10.8. The zero-order chi connectivity index (χ0) is 13.7. The minimum atomic E-state index is -0.382. The topological polar surface area (TPSA) is 52.6 Å². The van der Waals surface area contributed by atoms with E-state index in [1.807, 2.05) is 30.3 Å². The fraction of sp³-hybridized carbons (Fsp3) is 0.375. The Balaban J connectivity index is 1.70. The fourth-order valence-corrected chi connectivity index (χ4v) is 3.58. The molecule has 0 spiro atoms. The van der Waals surface area contributed by atoms with Gasteiger partial charge in [0, 0.05) is 5.92 Å². The van der Waals surface area contributed by atoms with Gasteiger partial charge in [-0.1, -0.05) is 36.4 Å². The predicted molar refractivity (Wildman–Crippen MR) is 69.4 cm³/mol. The van der Waals surface area contributed by atoms with E-state index >= 15 is 0 Å². The first-order valence-electron chi connectivity index (χ1n) is 6.88. The number of ether oxygens (including phenoxy) is 2. The molecule has 0 bridgehead atoms. The third kappa shape index (κ3) is 1.58. The van der Waals surface area contributed by atoms with Crippen LogP contribution in [0.25, 0.3) is 0 Å². The van der Waals surface area contributed by atoms with Crippen LogP contribution in [0.3, 0.4) is 0 Å².